The Morgan fingerprint density at radius 1 is 1.19 bits per heavy atom. The first kappa shape index (κ1) is 16.2. The van der Waals surface area contributed by atoms with Gasteiger partial charge in [0.2, 0.25) is 9.05 Å². The van der Waals surface area contributed by atoms with Crippen LogP contribution in [-0.2, 0) is 18.5 Å². The summed E-state index contributed by atoms with van der Waals surface area (Å²) in [5.41, 5.74) is 0. The number of hydrogen-bond acceptors (Lipinski definition) is 4. The third-order valence-electron chi connectivity index (χ3n) is 2.03. The van der Waals surface area contributed by atoms with E-state index in [1.807, 2.05) is 0 Å². The summed E-state index contributed by atoms with van der Waals surface area (Å²) < 4.78 is 31.5. The third kappa shape index (κ3) is 12.2. The molecule has 16 heavy (non-hydrogen) atoms. The molecule has 0 aliphatic rings. The van der Waals surface area contributed by atoms with Crippen LogP contribution in [0.3, 0.4) is 0 Å². The molecule has 0 saturated carbocycles. The minimum Gasteiger partial charge on any atom is -0.379 e. The molecule has 0 spiro atoms. The van der Waals surface area contributed by atoms with Gasteiger partial charge in [-0.1, -0.05) is 20.3 Å². The normalized spacial score (nSPS) is 13.9. The highest BCUT2D eigenvalue weighted by Crippen LogP contribution is 2.04. The van der Waals surface area contributed by atoms with Crippen LogP contribution < -0.4 is 0 Å². The zero-order chi connectivity index (χ0) is 12.4. The molecule has 6 heteroatoms. The zero-order valence-electron chi connectivity index (χ0n) is 9.95. The van der Waals surface area contributed by atoms with Gasteiger partial charge in [-0.15, -0.1) is 0 Å². The number of rotatable bonds is 10. The van der Waals surface area contributed by atoms with E-state index < -0.39 is 9.05 Å². The first-order chi connectivity index (χ1) is 7.45. The highest BCUT2D eigenvalue weighted by molar-refractivity contribution is 8.13. The van der Waals surface area contributed by atoms with E-state index in [1.165, 1.54) is 0 Å². The van der Waals surface area contributed by atoms with Crippen LogP contribution in [-0.4, -0.2) is 40.6 Å². The van der Waals surface area contributed by atoms with Gasteiger partial charge < -0.3 is 9.47 Å². The molecule has 0 amide bonds. The van der Waals surface area contributed by atoms with E-state index >= 15 is 0 Å². The van der Waals surface area contributed by atoms with Gasteiger partial charge in [-0.3, -0.25) is 0 Å². The van der Waals surface area contributed by atoms with Crippen LogP contribution >= 0.6 is 10.7 Å². The standard InChI is InChI=1S/C10H21ClO4S/c1-3-4-10(2)9-15-6-5-14-7-8-16(11,12)13/h10H,3-9H2,1-2H3. The molecule has 0 rings (SSSR count). The van der Waals surface area contributed by atoms with Gasteiger partial charge in [0.25, 0.3) is 0 Å². The average Bonchev–Trinajstić information content (AvgIpc) is 2.15. The van der Waals surface area contributed by atoms with Crippen molar-refractivity contribution in [3.05, 3.63) is 0 Å². The smallest absolute Gasteiger partial charge is 0.234 e. The molecular formula is C10H21ClO4S. The van der Waals surface area contributed by atoms with Crippen molar-refractivity contribution in [2.45, 2.75) is 26.7 Å². The van der Waals surface area contributed by atoms with Gasteiger partial charge in [0.1, 0.15) is 0 Å². The molecule has 0 aromatic rings. The summed E-state index contributed by atoms with van der Waals surface area (Å²) in [5.74, 6) is 0.411. The second-order valence-corrected chi connectivity index (χ2v) is 6.72. The molecule has 0 heterocycles. The van der Waals surface area contributed by atoms with E-state index in [-0.39, 0.29) is 12.4 Å². The van der Waals surface area contributed by atoms with E-state index in [0.29, 0.717) is 19.1 Å². The van der Waals surface area contributed by atoms with E-state index in [4.69, 9.17) is 20.2 Å². The van der Waals surface area contributed by atoms with Crippen LogP contribution in [0.4, 0.5) is 0 Å². The zero-order valence-corrected chi connectivity index (χ0v) is 11.5. The molecule has 4 nitrogen and oxygen atoms in total. The van der Waals surface area contributed by atoms with Crippen molar-refractivity contribution in [3.8, 4) is 0 Å². The Hall–Kier alpha value is 0.160. The average molecular weight is 273 g/mol. The molecule has 1 atom stereocenters. The summed E-state index contributed by atoms with van der Waals surface area (Å²) >= 11 is 0. The van der Waals surface area contributed by atoms with Gasteiger partial charge in [0, 0.05) is 17.3 Å². The highest BCUT2D eigenvalue weighted by atomic mass is 35.7. The summed E-state index contributed by atoms with van der Waals surface area (Å²) in [6.45, 7) is 6.04. The molecule has 0 fully saturated rings. The van der Waals surface area contributed by atoms with Crippen molar-refractivity contribution >= 4 is 19.7 Å². The van der Waals surface area contributed by atoms with Crippen LogP contribution in [0.15, 0.2) is 0 Å². The van der Waals surface area contributed by atoms with E-state index in [1.54, 1.807) is 0 Å². The molecule has 0 aromatic heterocycles. The van der Waals surface area contributed by atoms with Crippen LogP contribution in [0.25, 0.3) is 0 Å². The van der Waals surface area contributed by atoms with Gasteiger partial charge >= 0.3 is 0 Å². The summed E-state index contributed by atoms with van der Waals surface area (Å²) in [4.78, 5) is 0. The molecule has 0 bridgehead atoms. The van der Waals surface area contributed by atoms with Crippen molar-refractivity contribution in [1.82, 2.24) is 0 Å². The van der Waals surface area contributed by atoms with E-state index in [2.05, 4.69) is 13.8 Å². The molecule has 0 aromatic carbocycles. The first-order valence-electron chi connectivity index (χ1n) is 5.53. The van der Waals surface area contributed by atoms with Crippen LogP contribution in [0.5, 0.6) is 0 Å². The Bertz CT molecular complexity index is 254. The lowest BCUT2D eigenvalue weighted by Gasteiger charge is -2.10. The van der Waals surface area contributed by atoms with Crippen molar-refractivity contribution in [3.63, 3.8) is 0 Å². The van der Waals surface area contributed by atoms with Gasteiger partial charge in [-0.05, 0) is 12.3 Å². The predicted molar refractivity (Wildman–Crippen MR) is 65.3 cm³/mol. The summed E-state index contributed by atoms with van der Waals surface area (Å²) in [5, 5.41) is 0. The Kier molecular flexibility index (Phi) is 9.31. The summed E-state index contributed by atoms with van der Waals surface area (Å²) in [7, 11) is 1.58. The second kappa shape index (κ2) is 9.22. The van der Waals surface area contributed by atoms with Crippen LogP contribution in [0.2, 0.25) is 0 Å². The SMILES string of the molecule is CCCC(C)COCCOCCS(=O)(=O)Cl. The topological polar surface area (TPSA) is 52.6 Å². The molecule has 0 aliphatic carbocycles. The molecule has 1 unspecified atom stereocenters. The van der Waals surface area contributed by atoms with Crippen LogP contribution in [0, 0.1) is 5.92 Å². The van der Waals surface area contributed by atoms with Gasteiger partial charge in [0.05, 0.1) is 25.6 Å². The number of ether oxygens (including phenoxy) is 2. The fourth-order valence-corrected chi connectivity index (χ4v) is 1.74. The van der Waals surface area contributed by atoms with Crippen molar-refractivity contribution in [2.75, 3.05) is 32.2 Å². The molecular weight excluding hydrogens is 252 g/mol. The van der Waals surface area contributed by atoms with Gasteiger partial charge in [0.15, 0.2) is 0 Å². The summed E-state index contributed by atoms with van der Waals surface area (Å²) in [6.07, 6.45) is 2.32. The lowest BCUT2D eigenvalue weighted by molar-refractivity contribution is 0.0392. The molecule has 0 radical (unpaired) electrons. The fraction of sp³-hybridized carbons (Fsp3) is 1.00. The predicted octanol–water partition coefficient (Wildman–Crippen LogP) is 2.02. The van der Waals surface area contributed by atoms with Crippen molar-refractivity contribution in [1.29, 1.82) is 0 Å². The molecule has 0 saturated heterocycles. The van der Waals surface area contributed by atoms with Crippen molar-refractivity contribution < 1.29 is 17.9 Å². The van der Waals surface area contributed by atoms with Crippen molar-refractivity contribution in [2.24, 2.45) is 5.92 Å². The minimum atomic E-state index is -3.43. The van der Waals surface area contributed by atoms with Gasteiger partial charge in [-0.25, -0.2) is 8.42 Å². The Morgan fingerprint density at radius 3 is 2.38 bits per heavy atom. The fourth-order valence-electron chi connectivity index (χ4n) is 1.24. The molecule has 98 valence electrons. The van der Waals surface area contributed by atoms with E-state index in [9.17, 15) is 8.42 Å². The number of hydrogen-bond donors (Lipinski definition) is 0. The van der Waals surface area contributed by atoms with Crippen LogP contribution in [0.1, 0.15) is 26.7 Å². The quantitative estimate of drug-likeness (QED) is 0.451. The van der Waals surface area contributed by atoms with Gasteiger partial charge in [-0.2, -0.15) is 0 Å². The maximum absolute atomic E-state index is 10.5. The largest absolute Gasteiger partial charge is 0.379 e. The Labute approximate surface area is 103 Å². The lowest BCUT2D eigenvalue weighted by atomic mass is 10.1. The third-order valence-corrected chi connectivity index (χ3v) is 3.14. The molecule has 0 aliphatic heterocycles. The molecule has 0 N–H and O–H groups in total. The lowest BCUT2D eigenvalue weighted by Crippen LogP contribution is -2.13. The number of halogens is 1. The minimum absolute atomic E-state index is 0.125. The first-order valence-corrected chi connectivity index (χ1v) is 8.01. The Morgan fingerprint density at radius 2 is 1.81 bits per heavy atom. The summed E-state index contributed by atoms with van der Waals surface area (Å²) in [6, 6.07) is 0. The van der Waals surface area contributed by atoms with E-state index in [0.717, 1.165) is 19.4 Å². The Balaban J connectivity index is 3.22. The highest BCUT2D eigenvalue weighted by Gasteiger charge is 2.04. The second-order valence-electron chi connectivity index (χ2n) is 3.82. The maximum atomic E-state index is 10.5. The maximum Gasteiger partial charge on any atom is 0.234 e. The monoisotopic (exact) mass is 272 g/mol.